The van der Waals surface area contributed by atoms with E-state index in [1.165, 1.54) is 18.2 Å². The summed E-state index contributed by atoms with van der Waals surface area (Å²) in [5.74, 6) is 0. The number of sulfonamides is 1. The Morgan fingerprint density at radius 3 is 2.57 bits per heavy atom. The number of halogens is 2. The van der Waals surface area contributed by atoms with Crippen molar-refractivity contribution in [1.29, 1.82) is 5.26 Å². The molecular formula is C19H19Cl2N3O3S. The molecule has 1 saturated heterocycles. The van der Waals surface area contributed by atoms with Crippen LogP contribution in [-0.4, -0.2) is 46.2 Å². The molecule has 0 amide bonds. The number of hydrogen-bond acceptors (Lipinski definition) is 5. The van der Waals surface area contributed by atoms with E-state index in [2.05, 4.69) is 9.62 Å². The van der Waals surface area contributed by atoms with E-state index in [4.69, 9.17) is 33.2 Å². The molecule has 0 bridgehead atoms. The van der Waals surface area contributed by atoms with Crippen LogP contribution in [0.2, 0.25) is 10.0 Å². The smallest absolute Gasteiger partial charge is 0.240 e. The van der Waals surface area contributed by atoms with Crippen molar-refractivity contribution >= 4 is 33.2 Å². The summed E-state index contributed by atoms with van der Waals surface area (Å²) in [6.07, 6.45) is 0. The molecule has 28 heavy (non-hydrogen) atoms. The monoisotopic (exact) mass is 439 g/mol. The highest BCUT2D eigenvalue weighted by Crippen LogP contribution is 2.25. The highest BCUT2D eigenvalue weighted by Gasteiger charge is 2.25. The molecule has 0 spiro atoms. The molecule has 1 aliphatic rings. The summed E-state index contributed by atoms with van der Waals surface area (Å²) in [6.45, 7) is 2.74. The highest BCUT2D eigenvalue weighted by molar-refractivity contribution is 7.89. The molecule has 2 aromatic carbocycles. The van der Waals surface area contributed by atoms with Crippen LogP contribution in [0.25, 0.3) is 0 Å². The number of nitriles is 1. The van der Waals surface area contributed by atoms with Crippen molar-refractivity contribution in [3.63, 3.8) is 0 Å². The van der Waals surface area contributed by atoms with Crippen molar-refractivity contribution < 1.29 is 13.2 Å². The molecule has 2 aromatic rings. The fraction of sp³-hybridized carbons (Fsp3) is 0.316. The first kappa shape index (κ1) is 21.1. The lowest BCUT2D eigenvalue weighted by Crippen LogP contribution is -2.43. The second kappa shape index (κ2) is 9.23. The summed E-state index contributed by atoms with van der Waals surface area (Å²) >= 11 is 12.1. The lowest BCUT2D eigenvalue weighted by Gasteiger charge is -2.35. The standard InChI is InChI=1S/C19H19Cl2N3O3S/c20-16-3-1-2-14(10-16)19(24-6-8-27-9-7-24)13-23-28(25,26)17-5-4-15(12-22)18(21)11-17/h1-5,10-11,19,23H,6-9,13H2. The topological polar surface area (TPSA) is 82.4 Å². The minimum absolute atomic E-state index is 0.0170. The Kier molecular flexibility index (Phi) is 6.94. The number of morpholine rings is 1. The Hall–Kier alpha value is -1.66. The van der Waals surface area contributed by atoms with Crippen LogP contribution in [0.15, 0.2) is 47.4 Å². The van der Waals surface area contributed by atoms with Gasteiger partial charge in [-0.2, -0.15) is 5.26 Å². The van der Waals surface area contributed by atoms with Gasteiger partial charge in [0.1, 0.15) is 6.07 Å². The molecule has 0 aliphatic carbocycles. The van der Waals surface area contributed by atoms with E-state index in [1.807, 2.05) is 24.3 Å². The number of hydrogen-bond donors (Lipinski definition) is 1. The third-order valence-corrected chi connectivity index (χ3v) is 6.53. The molecule has 1 atom stereocenters. The van der Waals surface area contributed by atoms with Crippen molar-refractivity contribution in [3.8, 4) is 6.07 Å². The van der Waals surface area contributed by atoms with Crippen LogP contribution in [0.5, 0.6) is 0 Å². The van der Waals surface area contributed by atoms with E-state index in [-0.39, 0.29) is 28.1 Å². The maximum Gasteiger partial charge on any atom is 0.240 e. The van der Waals surface area contributed by atoms with Gasteiger partial charge in [0.05, 0.1) is 28.7 Å². The molecule has 0 aromatic heterocycles. The maximum absolute atomic E-state index is 12.7. The van der Waals surface area contributed by atoms with Crippen LogP contribution in [0, 0.1) is 11.3 Å². The molecule has 9 heteroatoms. The molecular weight excluding hydrogens is 421 g/mol. The van der Waals surface area contributed by atoms with Crippen molar-refractivity contribution in [2.75, 3.05) is 32.8 Å². The van der Waals surface area contributed by atoms with Crippen molar-refractivity contribution in [2.24, 2.45) is 0 Å². The molecule has 1 unspecified atom stereocenters. The number of nitrogens with zero attached hydrogens (tertiary/aromatic N) is 2. The first-order valence-electron chi connectivity index (χ1n) is 8.67. The average Bonchev–Trinajstić information content (AvgIpc) is 2.69. The second-order valence-electron chi connectivity index (χ2n) is 6.32. The first-order valence-corrected chi connectivity index (χ1v) is 10.9. The van der Waals surface area contributed by atoms with Gasteiger partial charge in [-0.05, 0) is 35.9 Å². The molecule has 1 aliphatic heterocycles. The van der Waals surface area contributed by atoms with Gasteiger partial charge in [0.15, 0.2) is 0 Å². The van der Waals surface area contributed by atoms with Crippen LogP contribution < -0.4 is 4.72 Å². The molecule has 1 N–H and O–H groups in total. The van der Waals surface area contributed by atoms with Gasteiger partial charge in [0.25, 0.3) is 0 Å². The van der Waals surface area contributed by atoms with E-state index >= 15 is 0 Å². The van der Waals surface area contributed by atoms with Gasteiger partial charge in [0, 0.05) is 30.7 Å². The van der Waals surface area contributed by atoms with Gasteiger partial charge in [-0.3, -0.25) is 4.90 Å². The van der Waals surface area contributed by atoms with Gasteiger partial charge in [-0.15, -0.1) is 0 Å². The van der Waals surface area contributed by atoms with Crippen molar-refractivity contribution in [1.82, 2.24) is 9.62 Å². The average molecular weight is 440 g/mol. The maximum atomic E-state index is 12.7. The van der Waals surface area contributed by atoms with Gasteiger partial charge in [0.2, 0.25) is 10.0 Å². The number of nitrogens with one attached hydrogen (secondary N) is 1. The highest BCUT2D eigenvalue weighted by atomic mass is 35.5. The second-order valence-corrected chi connectivity index (χ2v) is 8.94. The lowest BCUT2D eigenvalue weighted by molar-refractivity contribution is 0.0172. The predicted octanol–water partition coefficient (Wildman–Crippen LogP) is 3.22. The molecule has 1 fully saturated rings. The third-order valence-electron chi connectivity index (χ3n) is 4.56. The minimum atomic E-state index is -3.79. The van der Waals surface area contributed by atoms with Crippen molar-refractivity contribution in [3.05, 3.63) is 63.6 Å². The SMILES string of the molecule is N#Cc1ccc(S(=O)(=O)NCC(c2cccc(Cl)c2)N2CCOCC2)cc1Cl. The minimum Gasteiger partial charge on any atom is -0.379 e. The first-order chi connectivity index (χ1) is 13.4. The van der Waals surface area contributed by atoms with Gasteiger partial charge < -0.3 is 4.74 Å². The largest absolute Gasteiger partial charge is 0.379 e. The third kappa shape index (κ3) is 5.03. The summed E-state index contributed by atoms with van der Waals surface area (Å²) in [7, 11) is -3.79. The zero-order chi connectivity index (χ0) is 20.1. The Morgan fingerprint density at radius 1 is 1.18 bits per heavy atom. The van der Waals surface area contributed by atoms with E-state index in [9.17, 15) is 8.42 Å². The molecule has 0 radical (unpaired) electrons. The Morgan fingerprint density at radius 2 is 1.93 bits per heavy atom. The number of ether oxygens (including phenoxy) is 1. The number of benzene rings is 2. The summed E-state index contributed by atoms with van der Waals surface area (Å²) in [5, 5.41) is 9.65. The lowest BCUT2D eigenvalue weighted by atomic mass is 10.1. The summed E-state index contributed by atoms with van der Waals surface area (Å²) in [5.41, 5.74) is 1.15. The molecule has 1 heterocycles. The summed E-state index contributed by atoms with van der Waals surface area (Å²) in [4.78, 5) is 2.19. The van der Waals surface area contributed by atoms with Crippen LogP contribution in [-0.2, 0) is 14.8 Å². The fourth-order valence-electron chi connectivity index (χ4n) is 3.09. The normalized spacial score (nSPS) is 16.5. The summed E-state index contributed by atoms with van der Waals surface area (Å²) in [6, 6.07) is 13.2. The quantitative estimate of drug-likeness (QED) is 0.746. The molecule has 0 saturated carbocycles. The predicted molar refractivity (Wildman–Crippen MR) is 108 cm³/mol. The zero-order valence-electron chi connectivity index (χ0n) is 14.9. The van der Waals surface area contributed by atoms with E-state index in [0.717, 1.165) is 5.56 Å². The van der Waals surface area contributed by atoms with E-state index in [0.29, 0.717) is 31.3 Å². The Labute approximate surface area is 174 Å². The van der Waals surface area contributed by atoms with Crippen LogP contribution in [0.1, 0.15) is 17.2 Å². The zero-order valence-corrected chi connectivity index (χ0v) is 17.3. The number of rotatable bonds is 6. The van der Waals surface area contributed by atoms with Gasteiger partial charge in [-0.25, -0.2) is 13.1 Å². The molecule has 148 valence electrons. The van der Waals surface area contributed by atoms with Gasteiger partial charge >= 0.3 is 0 Å². The Balaban J connectivity index is 1.82. The van der Waals surface area contributed by atoms with Gasteiger partial charge in [-0.1, -0.05) is 35.3 Å². The van der Waals surface area contributed by atoms with E-state index < -0.39 is 10.0 Å². The van der Waals surface area contributed by atoms with Crippen LogP contribution in [0.4, 0.5) is 0 Å². The van der Waals surface area contributed by atoms with Crippen LogP contribution in [0.3, 0.4) is 0 Å². The molecule has 3 rings (SSSR count). The Bertz CT molecular complexity index is 986. The van der Waals surface area contributed by atoms with E-state index in [1.54, 1.807) is 6.07 Å². The van der Waals surface area contributed by atoms with Crippen LogP contribution >= 0.6 is 23.2 Å². The fourth-order valence-corrected chi connectivity index (χ4v) is 4.64. The summed E-state index contributed by atoms with van der Waals surface area (Å²) < 4.78 is 33.6. The van der Waals surface area contributed by atoms with Crippen molar-refractivity contribution in [2.45, 2.75) is 10.9 Å². The molecule has 6 nitrogen and oxygen atoms in total.